The minimum Gasteiger partial charge on any atom is -0.391 e. The second-order valence-electron chi connectivity index (χ2n) is 3.74. The molecule has 94 valence electrons. The van der Waals surface area contributed by atoms with Crippen molar-refractivity contribution in [1.29, 1.82) is 0 Å². The van der Waals surface area contributed by atoms with Crippen LogP contribution >= 0.6 is 0 Å². The smallest absolute Gasteiger partial charge is 0.277 e. The Hall–Kier alpha value is -1.80. The molecule has 1 aliphatic rings. The van der Waals surface area contributed by atoms with Crippen molar-refractivity contribution in [2.45, 2.75) is 25.1 Å². The van der Waals surface area contributed by atoms with Gasteiger partial charge < -0.3 is 26.6 Å². The van der Waals surface area contributed by atoms with Crippen LogP contribution < -0.4 is 21.9 Å². The van der Waals surface area contributed by atoms with Crippen LogP contribution in [0, 0.1) is 0 Å². The number of aliphatic hydroxyl groups excluding tert-OH is 2. The first-order valence-electron chi connectivity index (χ1n) is 6.46. The lowest BCUT2D eigenvalue weighted by Crippen LogP contribution is -2.48. The first-order chi connectivity index (χ1) is 9.20. The summed E-state index contributed by atoms with van der Waals surface area (Å²) < 4.78 is 21.2. The molecule has 2 rings (SSSR count). The standard InChI is InChI=1S/C9H15N5O3/c1-3(15)6(16)4-2-11-7-5(12-4)8(17)14-9(10)13-7/h3-4,6,12,15-16H,2H2,1H3,(H4,10,11,13,14,17)/t3-,4-,6-/m1/s1/i1D3. The highest BCUT2D eigenvalue weighted by Gasteiger charge is 2.29. The predicted molar refractivity (Wildman–Crippen MR) is 62.9 cm³/mol. The van der Waals surface area contributed by atoms with E-state index in [1.807, 2.05) is 0 Å². The zero-order chi connectivity index (χ0) is 15.1. The van der Waals surface area contributed by atoms with Gasteiger partial charge in [0, 0.05) is 10.7 Å². The molecule has 0 spiro atoms. The summed E-state index contributed by atoms with van der Waals surface area (Å²) >= 11 is 0. The Morgan fingerprint density at radius 2 is 2.41 bits per heavy atom. The lowest BCUT2D eigenvalue weighted by atomic mass is 10.0. The van der Waals surface area contributed by atoms with E-state index in [-0.39, 0.29) is 24.0 Å². The Morgan fingerprint density at radius 1 is 1.65 bits per heavy atom. The number of nitrogens with one attached hydrogen (secondary N) is 3. The second-order valence-corrected chi connectivity index (χ2v) is 3.74. The van der Waals surface area contributed by atoms with E-state index in [0.29, 0.717) is 0 Å². The van der Waals surface area contributed by atoms with Crippen LogP contribution in [0.1, 0.15) is 11.0 Å². The van der Waals surface area contributed by atoms with Crippen LogP contribution in [0.5, 0.6) is 0 Å². The van der Waals surface area contributed by atoms with Gasteiger partial charge in [0.15, 0.2) is 5.82 Å². The third kappa shape index (κ3) is 2.17. The van der Waals surface area contributed by atoms with Gasteiger partial charge in [0.05, 0.1) is 12.1 Å². The van der Waals surface area contributed by atoms with Crippen LogP contribution in [0.15, 0.2) is 4.79 Å². The van der Waals surface area contributed by atoms with Gasteiger partial charge in [0.25, 0.3) is 5.56 Å². The number of nitrogens with two attached hydrogens (primary N) is 1. The molecule has 0 saturated heterocycles. The molecule has 17 heavy (non-hydrogen) atoms. The van der Waals surface area contributed by atoms with Crippen molar-refractivity contribution in [3.05, 3.63) is 10.4 Å². The number of hydrogen-bond acceptors (Lipinski definition) is 7. The summed E-state index contributed by atoms with van der Waals surface area (Å²) in [5.74, 6) is 0.141. The third-order valence-electron chi connectivity index (χ3n) is 2.49. The van der Waals surface area contributed by atoms with Crippen molar-refractivity contribution in [2.75, 3.05) is 22.9 Å². The fraction of sp³-hybridized carbons (Fsp3) is 0.556. The molecule has 0 aromatic carbocycles. The first-order valence-corrected chi connectivity index (χ1v) is 4.96. The SMILES string of the molecule is [2H]C([2H])([2H])[C@@H](O)[C@@H](O)[C@H]1CNc2nc(N)[nH]c(=O)c2N1. The van der Waals surface area contributed by atoms with Crippen LogP contribution in [0.25, 0.3) is 0 Å². The molecule has 2 heterocycles. The predicted octanol–water partition coefficient (Wildman–Crippen LogP) is -1.70. The van der Waals surface area contributed by atoms with E-state index in [1.165, 1.54) is 0 Å². The molecule has 0 aliphatic carbocycles. The highest BCUT2D eigenvalue weighted by molar-refractivity contribution is 5.67. The zero-order valence-corrected chi connectivity index (χ0v) is 8.77. The van der Waals surface area contributed by atoms with E-state index >= 15 is 0 Å². The molecular formula is C9H15N5O3. The van der Waals surface area contributed by atoms with Crippen LogP contribution in [0.3, 0.4) is 0 Å². The Balaban J connectivity index is 2.21. The van der Waals surface area contributed by atoms with Gasteiger partial charge in [-0.3, -0.25) is 9.78 Å². The van der Waals surface area contributed by atoms with Crippen LogP contribution in [-0.2, 0) is 0 Å². The van der Waals surface area contributed by atoms with E-state index in [0.717, 1.165) is 0 Å². The maximum Gasteiger partial charge on any atom is 0.277 e. The summed E-state index contributed by atoms with van der Waals surface area (Å²) in [7, 11) is 0. The van der Waals surface area contributed by atoms with Crippen LogP contribution in [-0.4, -0.2) is 45.0 Å². The van der Waals surface area contributed by atoms with E-state index in [1.54, 1.807) is 0 Å². The highest BCUT2D eigenvalue weighted by Crippen LogP contribution is 2.21. The van der Waals surface area contributed by atoms with Gasteiger partial charge in [-0.25, -0.2) is 0 Å². The van der Waals surface area contributed by atoms with Gasteiger partial charge in [-0.05, 0) is 6.85 Å². The van der Waals surface area contributed by atoms with Crippen molar-refractivity contribution < 1.29 is 14.3 Å². The number of rotatable bonds is 2. The van der Waals surface area contributed by atoms with Crippen molar-refractivity contribution in [2.24, 2.45) is 0 Å². The quantitative estimate of drug-likeness (QED) is 0.365. The van der Waals surface area contributed by atoms with Crippen molar-refractivity contribution >= 4 is 17.5 Å². The highest BCUT2D eigenvalue weighted by atomic mass is 16.3. The Morgan fingerprint density at radius 3 is 3.12 bits per heavy atom. The Labute approximate surface area is 101 Å². The average Bonchev–Trinajstić information content (AvgIpc) is 2.35. The molecule has 1 aromatic heterocycles. The Kier molecular flexibility index (Phi) is 2.07. The number of nitrogens with zero attached hydrogens (tertiary/aromatic N) is 1. The number of anilines is 3. The monoisotopic (exact) mass is 244 g/mol. The molecule has 3 atom stereocenters. The Bertz CT molecular complexity index is 561. The van der Waals surface area contributed by atoms with E-state index in [9.17, 15) is 15.0 Å². The number of aliphatic hydroxyl groups is 2. The van der Waals surface area contributed by atoms with E-state index in [2.05, 4.69) is 20.6 Å². The fourth-order valence-electron chi connectivity index (χ4n) is 1.62. The number of H-pyrrole nitrogens is 1. The molecule has 1 aliphatic heterocycles. The first kappa shape index (κ1) is 8.31. The van der Waals surface area contributed by atoms with Gasteiger partial charge >= 0.3 is 0 Å². The summed E-state index contributed by atoms with van der Waals surface area (Å²) in [5, 5.41) is 24.9. The summed E-state index contributed by atoms with van der Waals surface area (Å²) in [6.45, 7) is -2.63. The molecule has 8 heteroatoms. The normalized spacial score (nSPS) is 25.3. The minimum atomic E-state index is -2.72. The lowest BCUT2D eigenvalue weighted by Gasteiger charge is -2.31. The zero-order valence-electron chi connectivity index (χ0n) is 11.8. The molecular weight excluding hydrogens is 226 g/mol. The van der Waals surface area contributed by atoms with Crippen LogP contribution in [0.2, 0.25) is 0 Å². The number of aromatic nitrogens is 2. The average molecular weight is 244 g/mol. The molecule has 0 saturated carbocycles. The lowest BCUT2D eigenvalue weighted by molar-refractivity contribution is 0.0214. The maximum absolute atomic E-state index is 11.7. The maximum atomic E-state index is 11.7. The fourth-order valence-corrected chi connectivity index (χ4v) is 1.62. The van der Waals surface area contributed by atoms with Crippen LogP contribution in [0.4, 0.5) is 17.5 Å². The molecule has 1 aromatic rings. The second kappa shape index (κ2) is 4.22. The molecule has 0 bridgehead atoms. The largest absolute Gasteiger partial charge is 0.391 e. The van der Waals surface area contributed by atoms with Gasteiger partial charge in [-0.1, -0.05) is 0 Å². The molecule has 0 unspecified atom stereocenters. The van der Waals surface area contributed by atoms with Crippen molar-refractivity contribution in [3.63, 3.8) is 0 Å². The summed E-state index contributed by atoms with van der Waals surface area (Å²) in [4.78, 5) is 17.8. The van der Waals surface area contributed by atoms with Gasteiger partial charge in [0.1, 0.15) is 11.8 Å². The molecule has 0 amide bonds. The van der Waals surface area contributed by atoms with Gasteiger partial charge in [-0.2, -0.15) is 4.98 Å². The summed E-state index contributed by atoms with van der Waals surface area (Å²) in [5.41, 5.74) is 4.86. The third-order valence-corrected chi connectivity index (χ3v) is 2.49. The molecule has 0 fully saturated rings. The van der Waals surface area contributed by atoms with E-state index < -0.39 is 30.7 Å². The number of aromatic amines is 1. The topological polar surface area (TPSA) is 136 Å². The minimum absolute atomic E-state index is 0.0345. The molecule has 7 N–H and O–H groups in total. The number of nitrogen functional groups attached to an aromatic ring is 1. The van der Waals surface area contributed by atoms with Crippen molar-refractivity contribution in [1.82, 2.24) is 9.97 Å². The van der Waals surface area contributed by atoms with Gasteiger partial charge in [-0.15, -0.1) is 0 Å². The molecule has 0 radical (unpaired) electrons. The van der Waals surface area contributed by atoms with Gasteiger partial charge in [0.2, 0.25) is 5.95 Å². The summed E-state index contributed by atoms with van der Waals surface area (Å²) in [6.07, 6.45) is -3.51. The molecule has 8 nitrogen and oxygen atoms in total. The van der Waals surface area contributed by atoms with Crippen molar-refractivity contribution in [3.8, 4) is 0 Å². The van der Waals surface area contributed by atoms with E-state index in [4.69, 9.17) is 9.85 Å². The summed E-state index contributed by atoms with van der Waals surface area (Å²) in [6, 6.07) is -0.857. The number of fused-ring (bicyclic) bond motifs is 1. The number of hydrogen-bond donors (Lipinski definition) is 6.